The summed E-state index contributed by atoms with van der Waals surface area (Å²) in [6, 6.07) is -1.31. The Morgan fingerprint density at radius 1 is 1.11 bits per heavy atom. The van der Waals surface area contributed by atoms with E-state index in [9.17, 15) is 19.5 Å². The van der Waals surface area contributed by atoms with Gasteiger partial charge in [0.15, 0.2) is 0 Å². The van der Waals surface area contributed by atoms with Crippen LogP contribution in [0.15, 0.2) is 24.3 Å². The van der Waals surface area contributed by atoms with E-state index in [2.05, 4.69) is 46.8 Å². The van der Waals surface area contributed by atoms with Gasteiger partial charge < -0.3 is 19.6 Å². The Kier molecular flexibility index (Phi) is 7.43. The predicted octanol–water partition coefficient (Wildman–Crippen LogP) is 3.95. The molecule has 0 aromatic rings. The third-order valence-corrected chi connectivity index (χ3v) is 10.3. The molecule has 0 aliphatic carbocycles. The summed E-state index contributed by atoms with van der Waals surface area (Å²) in [7, 11) is 0. The van der Waals surface area contributed by atoms with Gasteiger partial charge in [-0.15, -0.1) is 11.8 Å². The van der Waals surface area contributed by atoms with Crippen LogP contribution in [0.2, 0.25) is 0 Å². The summed E-state index contributed by atoms with van der Waals surface area (Å²) in [5.41, 5.74) is -0.457. The predicted molar refractivity (Wildman–Crippen MR) is 146 cm³/mol. The van der Waals surface area contributed by atoms with Gasteiger partial charge in [-0.1, -0.05) is 52.0 Å². The number of hydrogen-bond donors (Lipinski definition) is 1. The van der Waals surface area contributed by atoms with Crippen LogP contribution < -0.4 is 0 Å². The zero-order chi connectivity index (χ0) is 27.4. The summed E-state index contributed by atoms with van der Waals surface area (Å²) >= 11 is 1.56. The molecule has 37 heavy (non-hydrogen) atoms. The summed E-state index contributed by atoms with van der Waals surface area (Å²) in [5.74, 6) is -2.17. The number of aliphatic hydroxyl groups excluding tert-OH is 1. The lowest BCUT2D eigenvalue weighted by atomic mass is 9.74. The number of carbonyl (C=O) groups excluding carboxylic acids is 3. The maximum absolute atomic E-state index is 14.6. The fourth-order valence-electron chi connectivity index (χ4n) is 7.32. The fraction of sp³-hybridized carbons (Fsp3) is 0.759. The number of cyclic esters (lactones) is 1. The molecule has 6 atom stereocenters. The summed E-state index contributed by atoms with van der Waals surface area (Å²) in [5, 5.41) is 10.3. The summed E-state index contributed by atoms with van der Waals surface area (Å²) in [6.45, 7) is 15.1. The van der Waals surface area contributed by atoms with Gasteiger partial charge in [0, 0.05) is 16.8 Å². The fourth-order valence-corrected chi connectivity index (χ4v) is 9.46. The lowest BCUT2D eigenvalue weighted by molar-refractivity contribution is -0.155. The largest absolute Gasteiger partial charge is 0.465 e. The van der Waals surface area contributed by atoms with Gasteiger partial charge in [-0.3, -0.25) is 14.4 Å². The van der Waals surface area contributed by atoms with E-state index >= 15 is 0 Å². The van der Waals surface area contributed by atoms with E-state index in [0.29, 0.717) is 19.6 Å². The Morgan fingerprint density at radius 3 is 2.43 bits per heavy atom. The molecule has 0 saturated carbocycles. The first-order valence-corrected chi connectivity index (χ1v) is 14.5. The molecule has 7 nitrogen and oxygen atoms in total. The molecule has 1 unspecified atom stereocenters. The molecule has 0 aromatic heterocycles. The molecule has 4 rings (SSSR count). The molecule has 2 fully saturated rings. The average Bonchev–Trinajstić information content (AvgIpc) is 3.12. The van der Waals surface area contributed by atoms with Crippen LogP contribution in [0.5, 0.6) is 0 Å². The maximum Gasteiger partial charge on any atom is 0.311 e. The molecule has 0 aromatic carbocycles. The second kappa shape index (κ2) is 9.74. The van der Waals surface area contributed by atoms with Gasteiger partial charge in [-0.05, 0) is 51.9 Å². The molecule has 1 N–H and O–H groups in total. The van der Waals surface area contributed by atoms with Gasteiger partial charge >= 0.3 is 5.97 Å². The molecule has 206 valence electrons. The monoisotopic (exact) mass is 532 g/mol. The van der Waals surface area contributed by atoms with Crippen molar-refractivity contribution in [1.29, 1.82) is 0 Å². The van der Waals surface area contributed by atoms with E-state index in [1.54, 1.807) is 16.7 Å². The van der Waals surface area contributed by atoms with Gasteiger partial charge in [-0.2, -0.15) is 0 Å². The van der Waals surface area contributed by atoms with Crippen molar-refractivity contribution in [2.45, 2.75) is 101 Å². The number of allylic oxidation sites excluding steroid dienone is 1. The van der Waals surface area contributed by atoms with Crippen molar-refractivity contribution in [2.24, 2.45) is 17.3 Å². The lowest BCUT2D eigenvalue weighted by Crippen LogP contribution is -2.60. The Morgan fingerprint density at radius 2 is 1.81 bits per heavy atom. The molecule has 4 heterocycles. The number of hydrogen-bond acceptors (Lipinski definition) is 6. The number of nitrogens with zero attached hydrogens (tertiary/aromatic N) is 2. The third kappa shape index (κ3) is 4.66. The minimum Gasteiger partial charge on any atom is -0.465 e. The van der Waals surface area contributed by atoms with Crippen molar-refractivity contribution < 1.29 is 24.2 Å². The van der Waals surface area contributed by atoms with Crippen LogP contribution in [0.1, 0.15) is 74.1 Å². The Labute approximate surface area is 226 Å². The van der Waals surface area contributed by atoms with Crippen LogP contribution in [-0.4, -0.2) is 79.6 Å². The van der Waals surface area contributed by atoms with Gasteiger partial charge in [0.05, 0.1) is 35.8 Å². The standard InChI is InChI=1S/C29H44N2O5S/c1-8-19(17-32)31-22-24(34)30(27(5,6)18-26(2,3)4)15-12-14-29(22)20(23(31)33)21-25(35)36-16-11-9-10-13-28(21,7)37-29/h10,12-14,19-22,32H,8-9,11,15-18H2,1-7H3/b13-10-/t19-,20-,21-,22?,28+,29-/m0/s1. The highest BCUT2D eigenvalue weighted by molar-refractivity contribution is 8.02. The molecular weight excluding hydrogens is 488 g/mol. The number of carbonyl (C=O) groups is 3. The zero-order valence-electron chi connectivity index (χ0n) is 23.5. The minimum atomic E-state index is -0.925. The van der Waals surface area contributed by atoms with E-state index in [1.807, 2.05) is 30.9 Å². The number of ether oxygens (including phenoxy) is 1. The van der Waals surface area contributed by atoms with E-state index in [0.717, 1.165) is 19.3 Å². The Hall–Kier alpha value is -1.80. The quantitative estimate of drug-likeness (QED) is 0.426. The van der Waals surface area contributed by atoms with E-state index < -0.39 is 39.0 Å². The van der Waals surface area contributed by atoms with Crippen molar-refractivity contribution >= 4 is 29.5 Å². The number of aliphatic hydroxyl groups is 1. The van der Waals surface area contributed by atoms with Crippen molar-refractivity contribution in [2.75, 3.05) is 19.8 Å². The molecular formula is C29H44N2O5S. The summed E-state index contributed by atoms with van der Waals surface area (Å²) in [4.78, 5) is 46.0. The molecule has 0 radical (unpaired) electrons. The smallest absolute Gasteiger partial charge is 0.311 e. The van der Waals surface area contributed by atoms with Crippen molar-refractivity contribution in [3.05, 3.63) is 24.3 Å². The highest BCUT2D eigenvalue weighted by Crippen LogP contribution is 2.65. The van der Waals surface area contributed by atoms with E-state index in [1.165, 1.54) is 0 Å². The van der Waals surface area contributed by atoms with Gasteiger partial charge in [0.1, 0.15) is 6.04 Å². The topological polar surface area (TPSA) is 87.2 Å². The van der Waals surface area contributed by atoms with Crippen LogP contribution in [-0.2, 0) is 19.1 Å². The molecule has 0 bridgehead atoms. The minimum absolute atomic E-state index is 0.00362. The Bertz CT molecular complexity index is 997. The highest BCUT2D eigenvalue weighted by atomic mass is 32.2. The average molecular weight is 533 g/mol. The van der Waals surface area contributed by atoms with Crippen LogP contribution in [0, 0.1) is 17.3 Å². The number of rotatable bonds is 5. The number of thioether (sulfide) groups is 1. The van der Waals surface area contributed by atoms with E-state index in [-0.39, 0.29) is 29.8 Å². The number of esters is 1. The van der Waals surface area contributed by atoms with Crippen molar-refractivity contribution in [3.8, 4) is 0 Å². The second-order valence-electron chi connectivity index (χ2n) is 13.1. The second-order valence-corrected chi connectivity index (χ2v) is 14.9. The summed E-state index contributed by atoms with van der Waals surface area (Å²) in [6.07, 6.45) is 11.0. The highest BCUT2D eigenvalue weighted by Gasteiger charge is 2.74. The molecule has 4 aliphatic heterocycles. The van der Waals surface area contributed by atoms with Gasteiger partial charge in [-0.25, -0.2) is 0 Å². The number of fused-ring (bicyclic) bond motifs is 2. The molecule has 8 heteroatoms. The van der Waals surface area contributed by atoms with Gasteiger partial charge in [0.25, 0.3) is 0 Å². The van der Waals surface area contributed by atoms with Crippen LogP contribution in [0.4, 0.5) is 0 Å². The zero-order valence-corrected chi connectivity index (χ0v) is 24.3. The first kappa shape index (κ1) is 28.2. The van der Waals surface area contributed by atoms with E-state index in [4.69, 9.17) is 4.74 Å². The van der Waals surface area contributed by atoms with Crippen LogP contribution >= 0.6 is 11.8 Å². The third-order valence-electron chi connectivity index (χ3n) is 8.46. The Balaban J connectivity index is 1.88. The number of amides is 2. The SMILES string of the molecule is CC[C@@H](CO)N1C(=O)[C@@H]2[C@H]3C(=O)OCCC/C=C\[C@@]3(C)S[C@@]23C=CCN(C(C)(C)CC(C)(C)C)C(=O)C13. The first-order valence-electron chi connectivity index (χ1n) is 13.7. The molecule has 1 spiro atoms. The maximum atomic E-state index is 14.6. The van der Waals surface area contributed by atoms with Crippen LogP contribution in [0.25, 0.3) is 0 Å². The molecule has 2 saturated heterocycles. The molecule has 2 amide bonds. The van der Waals surface area contributed by atoms with Gasteiger partial charge in [0.2, 0.25) is 11.8 Å². The van der Waals surface area contributed by atoms with Crippen LogP contribution in [0.3, 0.4) is 0 Å². The first-order chi connectivity index (χ1) is 17.2. The normalized spacial score (nSPS) is 36.1. The summed E-state index contributed by atoms with van der Waals surface area (Å²) < 4.78 is 4.07. The lowest BCUT2D eigenvalue weighted by Gasteiger charge is -2.45. The van der Waals surface area contributed by atoms with Crippen molar-refractivity contribution in [3.63, 3.8) is 0 Å². The molecule has 4 aliphatic rings. The number of likely N-dealkylation sites (tertiary alicyclic amines) is 1. The van der Waals surface area contributed by atoms with Crippen molar-refractivity contribution in [1.82, 2.24) is 9.80 Å².